The second-order valence-electron chi connectivity index (χ2n) is 7.00. The lowest BCUT2D eigenvalue weighted by atomic mass is 9.92. The number of hydrogen-bond donors (Lipinski definition) is 1. The predicted molar refractivity (Wildman–Crippen MR) is 102 cm³/mol. The van der Waals surface area contributed by atoms with E-state index in [0.717, 1.165) is 13.1 Å². The Morgan fingerprint density at radius 3 is 1.84 bits per heavy atom. The maximum Gasteiger partial charge on any atom is 0.312 e. The summed E-state index contributed by atoms with van der Waals surface area (Å²) >= 11 is 0. The molecule has 0 aliphatic heterocycles. The lowest BCUT2D eigenvalue weighted by Crippen LogP contribution is -2.31. The summed E-state index contributed by atoms with van der Waals surface area (Å²) in [5.74, 6) is -0.811. The highest BCUT2D eigenvalue weighted by Crippen LogP contribution is 2.20. The lowest BCUT2D eigenvalue weighted by Gasteiger charge is -2.28. The number of carboxylic acids is 1. The molecule has 132 valence electrons. The molecule has 0 aliphatic carbocycles. The summed E-state index contributed by atoms with van der Waals surface area (Å²) in [7, 11) is 0. The van der Waals surface area contributed by atoms with Gasteiger partial charge in [0, 0.05) is 19.1 Å². The van der Waals surface area contributed by atoms with Crippen LogP contribution in [-0.4, -0.2) is 22.0 Å². The number of carbonyl (C=O) groups is 1. The van der Waals surface area contributed by atoms with Crippen LogP contribution in [0.15, 0.2) is 72.8 Å². The minimum Gasteiger partial charge on any atom is -0.481 e. The van der Waals surface area contributed by atoms with Gasteiger partial charge in [-0.2, -0.15) is 0 Å². The van der Waals surface area contributed by atoms with Crippen LogP contribution in [0.5, 0.6) is 0 Å². The number of benzene rings is 2. The van der Waals surface area contributed by atoms with Crippen molar-refractivity contribution in [3.8, 4) is 0 Å². The normalized spacial score (nSPS) is 13.3. The zero-order valence-electron chi connectivity index (χ0n) is 15.2. The Balaban J connectivity index is 2.18. The first-order valence-corrected chi connectivity index (χ1v) is 8.63. The molecule has 0 spiro atoms. The van der Waals surface area contributed by atoms with Crippen molar-refractivity contribution in [3.63, 3.8) is 0 Å². The van der Waals surface area contributed by atoms with E-state index in [-0.39, 0.29) is 6.04 Å². The third-order valence-electron chi connectivity index (χ3n) is 4.38. The molecule has 0 radical (unpaired) electrons. The number of hydrogen-bond acceptors (Lipinski definition) is 2. The highest BCUT2D eigenvalue weighted by Gasteiger charge is 2.24. The molecule has 0 heterocycles. The lowest BCUT2D eigenvalue weighted by molar-refractivity contribution is -0.144. The predicted octanol–water partition coefficient (Wildman–Crippen LogP) is 4.74. The molecule has 1 atom stereocenters. The monoisotopic (exact) mass is 337 g/mol. The summed E-state index contributed by atoms with van der Waals surface area (Å²) in [6.45, 7) is 7.18. The van der Waals surface area contributed by atoms with Crippen LogP contribution in [0.3, 0.4) is 0 Å². The molecule has 25 heavy (non-hydrogen) atoms. The number of nitrogens with zero attached hydrogens (tertiary/aromatic N) is 1. The molecule has 0 aromatic heterocycles. The fourth-order valence-corrected chi connectivity index (χ4v) is 2.55. The minimum atomic E-state index is -0.862. The van der Waals surface area contributed by atoms with Gasteiger partial charge in [0.25, 0.3) is 0 Å². The molecular weight excluding hydrogens is 310 g/mol. The Kier molecular flexibility index (Phi) is 6.54. The van der Waals surface area contributed by atoms with Gasteiger partial charge in [-0.3, -0.25) is 9.69 Å². The van der Waals surface area contributed by atoms with E-state index in [4.69, 9.17) is 0 Å². The molecule has 0 fully saturated rings. The zero-order chi connectivity index (χ0) is 18.3. The van der Waals surface area contributed by atoms with Crippen molar-refractivity contribution in [2.45, 2.75) is 39.9 Å². The third kappa shape index (κ3) is 5.87. The van der Waals surface area contributed by atoms with Crippen LogP contribution in [-0.2, 0) is 17.9 Å². The van der Waals surface area contributed by atoms with E-state index in [1.54, 1.807) is 19.9 Å². The Morgan fingerprint density at radius 2 is 1.44 bits per heavy atom. The van der Waals surface area contributed by atoms with Crippen LogP contribution >= 0.6 is 0 Å². The first-order valence-electron chi connectivity index (χ1n) is 8.63. The molecule has 3 nitrogen and oxygen atoms in total. The molecule has 0 amide bonds. The first-order chi connectivity index (χ1) is 11.9. The van der Waals surface area contributed by atoms with Crippen molar-refractivity contribution < 1.29 is 9.90 Å². The van der Waals surface area contributed by atoms with Gasteiger partial charge in [-0.25, -0.2) is 0 Å². The van der Waals surface area contributed by atoms with Crippen molar-refractivity contribution in [1.82, 2.24) is 4.90 Å². The van der Waals surface area contributed by atoms with Crippen LogP contribution < -0.4 is 0 Å². The van der Waals surface area contributed by atoms with E-state index in [2.05, 4.69) is 36.1 Å². The molecule has 3 heteroatoms. The molecule has 2 rings (SSSR count). The summed E-state index contributed by atoms with van der Waals surface area (Å²) in [5.41, 5.74) is 1.63. The van der Waals surface area contributed by atoms with Gasteiger partial charge >= 0.3 is 5.97 Å². The fraction of sp³-hybridized carbons (Fsp3) is 0.318. The maximum absolute atomic E-state index is 11.3. The maximum atomic E-state index is 11.3. The highest BCUT2D eigenvalue weighted by atomic mass is 16.4. The topological polar surface area (TPSA) is 40.5 Å². The van der Waals surface area contributed by atoms with Crippen molar-refractivity contribution >= 4 is 5.97 Å². The minimum absolute atomic E-state index is 0.124. The summed E-state index contributed by atoms with van der Waals surface area (Å²) in [5, 5.41) is 9.30. The molecule has 0 aliphatic rings. The van der Waals surface area contributed by atoms with E-state index >= 15 is 0 Å². The largest absolute Gasteiger partial charge is 0.481 e. The molecule has 0 saturated heterocycles. The Labute approximate surface area is 150 Å². The highest BCUT2D eigenvalue weighted by molar-refractivity contribution is 5.75. The van der Waals surface area contributed by atoms with Gasteiger partial charge in [0.1, 0.15) is 0 Å². The van der Waals surface area contributed by atoms with E-state index in [9.17, 15) is 9.90 Å². The van der Waals surface area contributed by atoms with Crippen LogP contribution in [0.1, 0.15) is 31.9 Å². The molecular formula is C22H27NO2. The van der Waals surface area contributed by atoms with Gasteiger partial charge in [0.05, 0.1) is 5.41 Å². The molecule has 1 unspecified atom stereocenters. The summed E-state index contributed by atoms with van der Waals surface area (Å²) in [6.07, 6.45) is 3.79. The van der Waals surface area contributed by atoms with Crippen LogP contribution in [0, 0.1) is 5.41 Å². The van der Waals surface area contributed by atoms with Gasteiger partial charge in [-0.05, 0) is 31.9 Å². The molecule has 2 aromatic rings. The Bertz CT molecular complexity index is 651. The molecule has 1 N–H and O–H groups in total. The standard InChI is InChI=1S/C22H27NO2/c1-18(14-15-22(2,3)21(24)25)23(16-19-10-6-4-7-11-19)17-20-12-8-5-9-13-20/h4-15,18H,16-17H2,1-3H3,(H,24,25)/b15-14+. The fourth-order valence-electron chi connectivity index (χ4n) is 2.55. The van der Waals surface area contributed by atoms with Gasteiger partial charge in [0.2, 0.25) is 0 Å². The zero-order valence-corrected chi connectivity index (χ0v) is 15.2. The van der Waals surface area contributed by atoms with E-state index in [1.807, 2.05) is 42.5 Å². The van der Waals surface area contributed by atoms with Crippen molar-refractivity contribution in [2.24, 2.45) is 5.41 Å². The van der Waals surface area contributed by atoms with Gasteiger partial charge in [-0.1, -0.05) is 72.8 Å². The average Bonchev–Trinajstić information content (AvgIpc) is 2.61. The molecule has 0 saturated carbocycles. The van der Waals surface area contributed by atoms with Crippen LogP contribution in [0.25, 0.3) is 0 Å². The average molecular weight is 337 g/mol. The Morgan fingerprint density at radius 1 is 1.00 bits per heavy atom. The number of aliphatic carboxylic acids is 1. The van der Waals surface area contributed by atoms with Crippen molar-refractivity contribution in [2.75, 3.05) is 0 Å². The van der Waals surface area contributed by atoms with Gasteiger partial charge < -0.3 is 5.11 Å². The molecule has 2 aromatic carbocycles. The second-order valence-corrected chi connectivity index (χ2v) is 7.00. The first kappa shape index (κ1) is 18.9. The number of rotatable bonds is 8. The van der Waals surface area contributed by atoms with Crippen molar-refractivity contribution in [3.05, 3.63) is 83.9 Å². The molecule has 0 bridgehead atoms. The quantitative estimate of drug-likeness (QED) is 0.707. The summed E-state index contributed by atoms with van der Waals surface area (Å²) < 4.78 is 0. The van der Waals surface area contributed by atoms with E-state index in [0.29, 0.717) is 0 Å². The van der Waals surface area contributed by atoms with E-state index < -0.39 is 11.4 Å². The van der Waals surface area contributed by atoms with Gasteiger partial charge in [0.15, 0.2) is 0 Å². The van der Waals surface area contributed by atoms with Crippen LogP contribution in [0.4, 0.5) is 0 Å². The van der Waals surface area contributed by atoms with Crippen molar-refractivity contribution in [1.29, 1.82) is 0 Å². The summed E-state index contributed by atoms with van der Waals surface area (Å²) in [6, 6.07) is 20.8. The third-order valence-corrected chi connectivity index (χ3v) is 4.38. The summed E-state index contributed by atoms with van der Waals surface area (Å²) in [4.78, 5) is 13.7. The van der Waals surface area contributed by atoms with E-state index in [1.165, 1.54) is 11.1 Å². The van der Waals surface area contributed by atoms with Gasteiger partial charge in [-0.15, -0.1) is 0 Å². The Hall–Kier alpha value is -2.39. The second kappa shape index (κ2) is 8.63. The van der Waals surface area contributed by atoms with Crippen LogP contribution in [0.2, 0.25) is 0 Å². The SMILES string of the molecule is CC(/C=C/C(C)(C)C(=O)O)N(Cc1ccccc1)Cc1ccccc1. The smallest absolute Gasteiger partial charge is 0.312 e. The number of carboxylic acid groups (broad SMARTS) is 1.